The molecule has 0 saturated carbocycles. The summed E-state index contributed by atoms with van der Waals surface area (Å²) in [7, 11) is 3.05. The van der Waals surface area contributed by atoms with Gasteiger partial charge < -0.3 is 33.2 Å². The van der Waals surface area contributed by atoms with Crippen molar-refractivity contribution in [3.63, 3.8) is 0 Å². The molecule has 4 rings (SSSR count). The van der Waals surface area contributed by atoms with Gasteiger partial charge in [0.15, 0.2) is 12.2 Å². The molecule has 0 aliphatic rings. The highest BCUT2D eigenvalue weighted by molar-refractivity contribution is 6.11. The Bertz CT molecular complexity index is 1660. The number of methoxy groups -OCH3 is 2. The minimum atomic E-state index is -0.689. The first-order valence-corrected chi connectivity index (χ1v) is 14.4. The Kier molecular flexibility index (Phi) is 11.6. The van der Waals surface area contributed by atoms with E-state index in [-0.39, 0.29) is 37.6 Å². The predicted molar refractivity (Wildman–Crippen MR) is 172 cm³/mol. The Balaban J connectivity index is 1.79. The van der Waals surface area contributed by atoms with Gasteiger partial charge in [-0.2, -0.15) is 0 Å². The van der Waals surface area contributed by atoms with Crippen molar-refractivity contribution >= 4 is 33.5 Å². The lowest BCUT2D eigenvalue weighted by Gasteiger charge is -2.23. The summed E-state index contributed by atoms with van der Waals surface area (Å²) in [6.07, 6.45) is -1.37. The van der Waals surface area contributed by atoms with Gasteiger partial charge in [0.05, 0.1) is 13.2 Å². The van der Waals surface area contributed by atoms with Crippen LogP contribution in [0.1, 0.15) is 13.8 Å². The summed E-state index contributed by atoms with van der Waals surface area (Å²) in [5.41, 5.74) is 0.553. The molecule has 0 heterocycles. The Labute approximate surface area is 262 Å². The maximum absolute atomic E-state index is 12.3. The zero-order valence-electron chi connectivity index (χ0n) is 26.0. The zero-order chi connectivity index (χ0) is 32.3. The van der Waals surface area contributed by atoms with Crippen molar-refractivity contribution in [1.82, 2.24) is 0 Å². The number of para-hydroxylation sites is 1. The normalized spacial score (nSPS) is 12.3. The minimum Gasteiger partial charge on any atom is -0.488 e. The van der Waals surface area contributed by atoms with Crippen molar-refractivity contribution in [2.75, 3.05) is 40.6 Å². The van der Waals surface area contributed by atoms with Crippen LogP contribution in [-0.2, 0) is 28.5 Å². The standard InChI is InChI=1S/C36H38O9/c1-23(2)35(37)44-27(19-39-5)21-41-33-29-14-10-11-15-30(29)34(42-22-28(20-40-6)45-36(38)24(3)4)32-18-26(16-17-31(32)33)43-25-12-8-7-9-13-25/h7-18,27-28H,1,3,19-22H2,2,4-6H3. The summed E-state index contributed by atoms with van der Waals surface area (Å²) in [5.74, 6) is 1.30. The van der Waals surface area contributed by atoms with E-state index in [1.54, 1.807) is 13.8 Å². The number of carbonyl (C=O) groups excluding carboxylic acids is 2. The molecule has 2 atom stereocenters. The van der Waals surface area contributed by atoms with Crippen molar-refractivity contribution < 1.29 is 42.7 Å². The number of benzene rings is 4. The van der Waals surface area contributed by atoms with E-state index in [9.17, 15) is 9.59 Å². The zero-order valence-corrected chi connectivity index (χ0v) is 26.0. The molecule has 0 aliphatic heterocycles. The molecule has 0 fully saturated rings. The van der Waals surface area contributed by atoms with Gasteiger partial charge in [0, 0.05) is 46.9 Å². The lowest BCUT2D eigenvalue weighted by molar-refractivity contribution is -0.149. The Morgan fingerprint density at radius 1 is 0.600 bits per heavy atom. The fourth-order valence-electron chi connectivity index (χ4n) is 4.54. The van der Waals surface area contributed by atoms with E-state index in [0.29, 0.717) is 28.4 Å². The van der Waals surface area contributed by atoms with Gasteiger partial charge in [-0.05, 0) is 44.2 Å². The predicted octanol–water partition coefficient (Wildman–Crippen LogP) is 6.81. The lowest BCUT2D eigenvalue weighted by Crippen LogP contribution is -2.30. The largest absolute Gasteiger partial charge is 0.488 e. The second-order valence-corrected chi connectivity index (χ2v) is 10.5. The second kappa shape index (κ2) is 15.7. The fraction of sp³-hybridized carbons (Fsp3) is 0.278. The highest BCUT2D eigenvalue weighted by Gasteiger charge is 2.23. The first-order valence-electron chi connectivity index (χ1n) is 14.4. The number of esters is 2. The second-order valence-electron chi connectivity index (χ2n) is 10.5. The third kappa shape index (κ3) is 8.62. The van der Waals surface area contributed by atoms with Crippen molar-refractivity contribution in [2.45, 2.75) is 26.1 Å². The molecule has 0 N–H and O–H groups in total. The smallest absolute Gasteiger partial charge is 0.333 e. The molecule has 9 nitrogen and oxygen atoms in total. The van der Waals surface area contributed by atoms with Crippen molar-refractivity contribution in [3.05, 3.63) is 97.1 Å². The number of carbonyl (C=O) groups is 2. The Morgan fingerprint density at radius 3 is 1.56 bits per heavy atom. The van der Waals surface area contributed by atoms with Gasteiger partial charge in [0.1, 0.15) is 36.2 Å². The van der Waals surface area contributed by atoms with E-state index >= 15 is 0 Å². The van der Waals surface area contributed by atoms with Crippen molar-refractivity contribution in [1.29, 1.82) is 0 Å². The Morgan fingerprint density at radius 2 is 1.07 bits per heavy atom. The molecule has 0 bridgehead atoms. The van der Waals surface area contributed by atoms with E-state index in [4.69, 9.17) is 33.2 Å². The molecule has 0 aliphatic carbocycles. The molecule has 0 aromatic heterocycles. The number of rotatable bonds is 16. The molecule has 0 amide bonds. The summed E-state index contributed by atoms with van der Waals surface area (Å²) in [4.78, 5) is 24.6. The molecule has 0 radical (unpaired) electrons. The van der Waals surface area contributed by atoms with Crippen LogP contribution in [0.25, 0.3) is 21.5 Å². The molecular formula is C36H38O9. The quantitative estimate of drug-likeness (QED) is 0.0766. The van der Waals surface area contributed by atoms with Crippen molar-refractivity contribution in [3.8, 4) is 23.0 Å². The SMILES string of the molecule is C=C(C)C(=O)OC(COC)COc1c2ccccc2c(OCC(COC)OC(=O)C(=C)C)c2cc(Oc3ccccc3)ccc12. The summed E-state index contributed by atoms with van der Waals surface area (Å²) in [6.45, 7) is 10.8. The van der Waals surface area contributed by atoms with E-state index in [0.717, 1.165) is 16.2 Å². The van der Waals surface area contributed by atoms with Crippen LogP contribution in [0.5, 0.6) is 23.0 Å². The third-order valence-corrected chi connectivity index (χ3v) is 6.65. The monoisotopic (exact) mass is 614 g/mol. The third-order valence-electron chi connectivity index (χ3n) is 6.65. The highest BCUT2D eigenvalue weighted by atomic mass is 16.6. The van der Waals surface area contributed by atoms with Crippen LogP contribution in [0, 0.1) is 0 Å². The average Bonchev–Trinajstić information content (AvgIpc) is 3.03. The molecule has 0 spiro atoms. The highest BCUT2D eigenvalue weighted by Crippen LogP contribution is 2.44. The van der Waals surface area contributed by atoms with Crippen LogP contribution < -0.4 is 14.2 Å². The van der Waals surface area contributed by atoms with Gasteiger partial charge >= 0.3 is 11.9 Å². The van der Waals surface area contributed by atoms with Crippen LogP contribution in [-0.4, -0.2) is 64.8 Å². The van der Waals surface area contributed by atoms with Crippen LogP contribution in [0.15, 0.2) is 97.1 Å². The summed E-state index contributed by atoms with van der Waals surface area (Å²) >= 11 is 0. The Hall–Kier alpha value is -4.86. The van der Waals surface area contributed by atoms with Crippen LogP contribution in [0.4, 0.5) is 0 Å². The maximum atomic E-state index is 12.3. The number of hydrogen-bond acceptors (Lipinski definition) is 9. The number of fused-ring (bicyclic) bond motifs is 2. The van der Waals surface area contributed by atoms with E-state index in [2.05, 4.69) is 13.2 Å². The summed E-state index contributed by atoms with van der Waals surface area (Å²) < 4.78 is 40.7. The molecule has 236 valence electrons. The maximum Gasteiger partial charge on any atom is 0.333 e. The van der Waals surface area contributed by atoms with E-state index < -0.39 is 24.1 Å². The lowest BCUT2D eigenvalue weighted by atomic mass is 10.00. The van der Waals surface area contributed by atoms with E-state index in [1.807, 2.05) is 72.8 Å². The number of ether oxygens (including phenoxy) is 7. The molecular weight excluding hydrogens is 576 g/mol. The van der Waals surface area contributed by atoms with Crippen LogP contribution in [0.3, 0.4) is 0 Å². The van der Waals surface area contributed by atoms with Crippen molar-refractivity contribution in [2.24, 2.45) is 0 Å². The molecule has 9 heteroatoms. The first-order chi connectivity index (χ1) is 21.7. The first kappa shape index (κ1) is 33.0. The molecule has 45 heavy (non-hydrogen) atoms. The molecule has 4 aromatic rings. The van der Waals surface area contributed by atoms with Crippen LogP contribution in [0.2, 0.25) is 0 Å². The van der Waals surface area contributed by atoms with Gasteiger partial charge in [-0.25, -0.2) is 9.59 Å². The minimum absolute atomic E-state index is 0.0166. The van der Waals surface area contributed by atoms with Gasteiger partial charge in [-0.1, -0.05) is 55.6 Å². The van der Waals surface area contributed by atoms with Gasteiger partial charge in [-0.3, -0.25) is 0 Å². The van der Waals surface area contributed by atoms with Gasteiger partial charge in [-0.15, -0.1) is 0 Å². The topological polar surface area (TPSA) is 98.8 Å². The molecule has 2 unspecified atom stereocenters. The molecule has 0 saturated heterocycles. The summed E-state index contributed by atoms with van der Waals surface area (Å²) in [6, 6.07) is 22.7. The fourth-order valence-corrected chi connectivity index (χ4v) is 4.54. The summed E-state index contributed by atoms with van der Waals surface area (Å²) in [5, 5.41) is 2.94. The average molecular weight is 615 g/mol. The molecule has 4 aromatic carbocycles. The number of hydrogen-bond donors (Lipinski definition) is 0. The van der Waals surface area contributed by atoms with E-state index in [1.165, 1.54) is 14.2 Å². The van der Waals surface area contributed by atoms with Crippen LogP contribution >= 0.6 is 0 Å². The van der Waals surface area contributed by atoms with Gasteiger partial charge in [0.25, 0.3) is 0 Å². The van der Waals surface area contributed by atoms with Gasteiger partial charge in [0.2, 0.25) is 0 Å².